The van der Waals surface area contributed by atoms with E-state index in [0.717, 1.165) is 4.47 Å². The molecule has 4 nitrogen and oxygen atoms in total. The molecule has 1 aromatic rings. The van der Waals surface area contributed by atoms with Crippen LogP contribution in [-0.2, 0) is 9.53 Å². The van der Waals surface area contributed by atoms with E-state index in [1.807, 2.05) is 0 Å². The molecule has 0 saturated carbocycles. The van der Waals surface area contributed by atoms with Crippen LogP contribution in [0.4, 0.5) is 4.39 Å². The van der Waals surface area contributed by atoms with Crippen LogP contribution >= 0.6 is 15.9 Å². The second-order valence-corrected chi connectivity index (χ2v) is 4.96. The Kier molecular flexibility index (Phi) is 4.19. The molecule has 0 bridgehead atoms. The Balaban J connectivity index is 1.89. The van der Waals surface area contributed by atoms with Crippen molar-refractivity contribution in [2.24, 2.45) is 0 Å². The lowest BCUT2D eigenvalue weighted by molar-refractivity contribution is -0.149. The number of halogens is 2. The first-order valence-electron chi connectivity index (χ1n) is 5.52. The Morgan fingerprint density at radius 2 is 2.33 bits per heavy atom. The van der Waals surface area contributed by atoms with E-state index in [0.29, 0.717) is 12.8 Å². The fourth-order valence-electron chi connectivity index (χ4n) is 1.78. The molecular weight excluding hydrogens is 307 g/mol. The van der Waals surface area contributed by atoms with E-state index < -0.39 is 17.9 Å². The van der Waals surface area contributed by atoms with Crippen LogP contribution in [0.2, 0.25) is 0 Å². The highest BCUT2D eigenvalue weighted by atomic mass is 79.9. The van der Waals surface area contributed by atoms with Gasteiger partial charge in [0.15, 0.2) is 17.7 Å². The highest BCUT2D eigenvalue weighted by Crippen LogP contribution is 2.25. The van der Waals surface area contributed by atoms with Gasteiger partial charge in [0, 0.05) is 4.47 Å². The van der Waals surface area contributed by atoms with E-state index in [-0.39, 0.29) is 18.5 Å². The molecule has 18 heavy (non-hydrogen) atoms. The zero-order valence-electron chi connectivity index (χ0n) is 9.44. The quantitative estimate of drug-likeness (QED) is 0.927. The Morgan fingerprint density at radius 1 is 1.56 bits per heavy atom. The number of aliphatic carboxylic acids is 1. The van der Waals surface area contributed by atoms with Crippen molar-refractivity contribution in [3.63, 3.8) is 0 Å². The fourth-order valence-corrected chi connectivity index (χ4v) is 2.12. The van der Waals surface area contributed by atoms with Gasteiger partial charge in [-0.15, -0.1) is 0 Å². The monoisotopic (exact) mass is 318 g/mol. The molecule has 1 aliphatic heterocycles. The van der Waals surface area contributed by atoms with Gasteiger partial charge in [0.1, 0.15) is 6.61 Å². The molecule has 0 spiro atoms. The van der Waals surface area contributed by atoms with Crippen molar-refractivity contribution in [3.8, 4) is 5.75 Å². The van der Waals surface area contributed by atoms with Gasteiger partial charge in [-0.1, -0.05) is 15.9 Å². The molecule has 0 aliphatic carbocycles. The first kappa shape index (κ1) is 13.3. The number of carbonyl (C=O) groups is 1. The van der Waals surface area contributed by atoms with Gasteiger partial charge in [0.2, 0.25) is 0 Å². The average Bonchev–Trinajstić information content (AvgIpc) is 2.79. The zero-order valence-corrected chi connectivity index (χ0v) is 11.0. The topological polar surface area (TPSA) is 55.8 Å². The van der Waals surface area contributed by atoms with Crippen LogP contribution in [0.1, 0.15) is 12.8 Å². The van der Waals surface area contributed by atoms with Crippen LogP contribution in [0.5, 0.6) is 5.75 Å². The summed E-state index contributed by atoms with van der Waals surface area (Å²) in [7, 11) is 0. The van der Waals surface area contributed by atoms with Gasteiger partial charge < -0.3 is 14.6 Å². The van der Waals surface area contributed by atoms with Gasteiger partial charge in [-0.25, -0.2) is 9.18 Å². The molecule has 1 fully saturated rings. The molecule has 1 aromatic carbocycles. The molecular formula is C12H12BrFO4. The van der Waals surface area contributed by atoms with Crippen molar-refractivity contribution in [2.45, 2.75) is 25.0 Å². The molecule has 0 amide bonds. The summed E-state index contributed by atoms with van der Waals surface area (Å²) >= 11 is 3.22. The van der Waals surface area contributed by atoms with Gasteiger partial charge in [0.05, 0.1) is 6.10 Å². The molecule has 0 aromatic heterocycles. The van der Waals surface area contributed by atoms with E-state index in [2.05, 4.69) is 15.9 Å². The summed E-state index contributed by atoms with van der Waals surface area (Å²) in [5, 5.41) is 8.76. The van der Waals surface area contributed by atoms with E-state index in [4.69, 9.17) is 14.6 Å². The van der Waals surface area contributed by atoms with Gasteiger partial charge in [-0.05, 0) is 31.0 Å². The van der Waals surface area contributed by atoms with Gasteiger partial charge >= 0.3 is 5.97 Å². The summed E-state index contributed by atoms with van der Waals surface area (Å²) < 4.78 is 24.6. The van der Waals surface area contributed by atoms with Crippen LogP contribution in [0.25, 0.3) is 0 Å². The molecule has 1 aliphatic rings. The Hall–Kier alpha value is -1.14. The third-order valence-corrected chi connectivity index (χ3v) is 3.19. The van der Waals surface area contributed by atoms with Crippen LogP contribution in [0.3, 0.4) is 0 Å². The van der Waals surface area contributed by atoms with Crippen LogP contribution in [0.15, 0.2) is 22.7 Å². The van der Waals surface area contributed by atoms with Crippen molar-refractivity contribution >= 4 is 21.9 Å². The second kappa shape index (κ2) is 5.67. The predicted molar refractivity (Wildman–Crippen MR) is 65.1 cm³/mol. The van der Waals surface area contributed by atoms with Gasteiger partial charge in [0.25, 0.3) is 0 Å². The highest BCUT2D eigenvalue weighted by Gasteiger charge is 2.30. The normalized spacial score (nSPS) is 23.0. The number of hydrogen-bond donors (Lipinski definition) is 1. The molecule has 98 valence electrons. The summed E-state index contributed by atoms with van der Waals surface area (Å²) in [4.78, 5) is 10.7. The zero-order chi connectivity index (χ0) is 13.1. The Bertz CT molecular complexity index is 452. The smallest absolute Gasteiger partial charge is 0.332 e. The summed E-state index contributed by atoms with van der Waals surface area (Å²) in [6.07, 6.45) is -0.00728. The third-order valence-electron chi connectivity index (χ3n) is 2.70. The summed E-state index contributed by atoms with van der Waals surface area (Å²) in [6, 6.07) is 4.41. The standard InChI is InChI=1S/C12H12BrFO4/c13-7-1-3-9(14)11(5-7)17-6-8-2-4-10(18-8)12(15)16/h1,3,5,8,10H,2,4,6H2,(H,15,16). The van der Waals surface area contributed by atoms with Gasteiger partial charge in [-0.2, -0.15) is 0 Å². The minimum Gasteiger partial charge on any atom is -0.488 e. The van der Waals surface area contributed by atoms with Gasteiger partial charge in [-0.3, -0.25) is 0 Å². The first-order valence-corrected chi connectivity index (χ1v) is 6.31. The Morgan fingerprint density at radius 3 is 3.00 bits per heavy atom. The number of carboxylic acid groups (broad SMARTS) is 1. The van der Waals surface area contributed by atoms with Crippen molar-refractivity contribution < 1.29 is 23.8 Å². The predicted octanol–water partition coefficient (Wildman–Crippen LogP) is 2.60. The summed E-state index contributed by atoms with van der Waals surface area (Å²) in [5.41, 5.74) is 0. The molecule has 1 N–H and O–H groups in total. The third kappa shape index (κ3) is 3.20. The van der Waals surface area contributed by atoms with E-state index >= 15 is 0 Å². The molecule has 6 heteroatoms. The van der Waals surface area contributed by atoms with Crippen LogP contribution in [0, 0.1) is 5.82 Å². The largest absolute Gasteiger partial charge is 0.488 e. The number of rotatable bonds is 4. The number of benzene rings is 1. The molecule has 0 radical (unpaired) electrons. The first-order chi connectivity index (χ1) is 8.56. The van der Waals surface area contributed by atoms with Crippen molar-refractivity contribution in [3.05, 3.63) is 28.5 Å². The summed E-state index contributed by atoms with van der Waals surface area (Å²) in [6.45, 7) is 0.150. The highest BCUT2D eigenvalue weighted by molar-refractivity contribution is 9.10. The lowest BCUT2D eigenvalue weighted by Gasteiger charge is -2.13. The SMILES string of the molecule is O=C(O)C1CCC(COc2cc(Br)ccc2F)O1. The summed E-state index contributed by atoms with van der Waals surface area (Å²) in [5.74, 6) is -1.29. The van der Waals surface area contributed by atoms with Crippen LogP contribution < -0.4 is 4.74 Å². The molecule has 2 rings (SSSR count). The maximum absolute atomic E-state index is 13.4. The maximum atomic E-state index is 13.4. The average molecular weight is 319 g/mol. The minimum absolute atomic E-state index is 0.131. The van der Waals surface area contributed by atoms with Crippen molar-refractivity contribution in [1.82, 2.24) is 0 Å². The number of ether oxygens (including phenoxy) is 2. The maximum Gasteiger partial charge on any atom is 0.332 e. The van der Waals surface area contributed by atoms with E-state index in [1.165, 1.54) is 12.1 Å². The van der Waals surface area contributed by atoms with E-state index in [1.54, 1.807) is 6.07 Å². The Labute approximate surface area is 112 Å². The fraction of sp³-hybridized carbons (Fsp3) is 0.417. The molecule has 1 saturated heterocycles. The lowest BCUT2D eigenvalue weighted by atomic mass is 10.2. The second-order valence-electron chi connectivity index (χ2n) is 4.05. The van der Waals surface area contributed by atoms with Crippen molar-refractivity contribution in [1.29, 1.82) is 0 Å². The minimum atomic E-state index is -0.967. The number of hydrogen-bond acceptors (Lipinski definition) is 3. The lowest BCUT2D eigenvalue weighted by Crippen LogP contribution is -2.23. The van der Waals surface area contributed by atoms with E-state index in [9.17, 15) is 9.18 Å². The molecule has 2 unspecified atom stereocenters. The van der Waals surface area contributed by atoms with Crippen LogP contribution in [-0.4, -0.2) is 29.9 Å². The molecule has 1 heterocycles. The van der Waals surface area contributed by atoms with Crippen molar-refractivity contribution in [2.75, 3.05) is 6.61 Å². The molecule has 2 atom stereocenters. The number of carboxylic acids is 1.